The van der Waals surface area contributed by atoms with Crippen molar-refractivity contribution in [2.45, 2.75) is 5.33 Å². The van der Waals surface area contributed by atoms with Crippen LogP contribution in [0, 0.1) is 6.07 Å². The van der Waals surface area contributed by atoms with Gasteiger partial charge in [-0.2, -0.15) is 0 Å². The maximum absolute atomic E-state index is 5.68. The van der Waals surface area contributed by atoms with Crippen molar-refractivity contribution in [1.82, 2.24) is 0 Å². The topological polar surface area (TPSA) is 0 Å². The van der Waals surface area contributed by atoms with Gasteiger partial charge in [0, 0.05) is 10.4 Å². The highest BCUT2D eigenvalue weighted by atomic mass is 79.9. The minimum Gasteiger partial charge on any atom is -0.0876 e. The molecule has 2 heteroatoms. The molecule has 0 spiro atoms. The van der Waals surface area contributed by atoms with E-state index in [9.17, 15) is 0 Å². The quantitative estimate of drug-likeness (QED) is 0.617. The van der Waals surface area contributed by atoms with Gasteiger partial charge in [-0.15, -0.1) is 0 Å². The first kappa shape index (κ1) is 7.10. The van der Waals surface area contributed by atoms with E-state index in [4.69, 9.17) is 11.6 Å². The second-order valence-electron chi connectivity index (χ2n) is 1.67. The van der Waals surface area contributed by atoms with Crippen molar-refractivity contribution in [3.8, 4) is 0 Å². The van der Waals surface area contributed by atoms with Crippen LogP contribution in [0.15, 0.2) is 18.2 Å². The largest absolute Gasteiger partial charge is 0.0876 e. The fourth-order valence-electron chi connectivity index (χ4n) is 0.562. The third-order valence-electron chi connectivity index (χ3n) is 0.967. The van der Waals surface area contributed by atoms with Crippen molar-refractivity contribution < 1.29 is 0 Å². The SMILES string of the molecule is Clc1cc[c]c(CBr)c1. The zero-order valence-electron chi connectivity index (χ0n) is 4.70. The van der Waals surface area contributed by atoms with Gasteiger partial charge in [0.1, 0.15) is 0 Å². The summed E-state index contributed by atoms with van der Waals surface area (Å²) in [5.74, 6) is 0. The van der Waals surface area contributed by atoms with Gasteiger partial charge in [0.25, 0.3) is 0 Å². The number of halogens is 2. The minimum absolute atomic E-state index is 0.767. The summed E-state index contributed by atoms with van der Waals surface area (Å²) in [5.41, 5.74) is 1.09. The first-order valence-electron chi connectivity index (χ1n) is 2.55. The van der Waals surface area contributed by atoms with Gasteiger partial charge >= 0.3 is 0 Å². The normalized spacial score (nSPS) is 9.56. The van der Waals surface area contributed by atoms with E-state index in [1.54, 1.807) is 0 Å². The van der Waals surface area contributed by atoms with Gasteiger partial charge < -0.3 is 0 Å². The van der Waals surface area contributed by atoms with E-state index < -0.39 is 0 Å². The van der Waals surface area contributed by atoms with Crippen molar-refractivity contribution in [3.05, 3.63) is 34.9 Å². The molecule has 0 N–H and O–H groups in total. The van der Waals surface area contributed by atoms with Crippen LogP contribution in [-0.4, -0.2) is 0 Å². The fourth-order valence-corrected chi connectivity index (χ4v) is 1.08. The first-order chi connectivity index (χ1) is 4.33. The third kappa shape index (κ3) is 1.99. The summed E-state index contributed by atoms with van der Waals surface area (Å²) in [6.07, 6.45) is 0. The maximum Gasteiger partial charge on any atom is 0.0409 e. The summed E-state index contributed by atoms with van der Waals surface area (Å²) >= 11 is 8.98. The number of benzene rings is 1. The van der Waals surface area contributed by atoms with Crippen LogP contribution < -0.4 is 0 Å². The summed E-state index contributed by atoms with van der Waals surface area (Å²) in [6, 6.07) is 8.54. The molecular formula is C7H5BrCl. The summed E-state index contributed by atoms with van der Waals surface area (Å²) < 4.78 is 0. The Morgan fingerprint density at radius 3 is 2.89 bits per heavy atom. The lowest BCUT2D eigenvalue weighted by Crippen LogP contribution is -1.74. The van der Waals surface area contributed by atoms with Crippen molar-refractivity contribution in [2.75, 3.05) is 0 Å². The molecule has 1 aromatic carbocycles. The highest BCUT2D eigenvalue weighted by molar-refractivity contribution is 9.08. The smallest absolute Gasteiger partial charge is 0.0409 e. The highest BCUT2D eigenvalue weighted by Gasteiger charge is 1.89. The van der Waals surface area contributed by atoms with Crippen molar-refractivity contribution >= 4 is 27.5 Å². The Morgan fingerprint density at radius 1 is 1.67 bits per heavy atom. The summed E-state index contributed by atoms with van der Waals surface area (Å²) in [6.45, 7) is 0. The van der Waals surface area contributed by atoms with Crippen molar-refractivity contribution in [3.63, 3.8) is 0 Å². The molecule has 1 radical (unpaired) electrons. The molecule has 0 amide bonds. The van der Waals surface area contributed by atoms with Crippen LogP contribution in [0.25, 0.3) is 0 Å². The monoisotopic (exact) mass is 203 g/mol. The molecule has 9 heavy (non-hydrogen) atoms. The average Bonchev–Trinajstić information content (AvgIpc) is 1.88. The van der Waals surface area contributed by atoms with E-state index in [1.807, 2.05) is 18.2 Å². The molecule has 0 aliphatic rings. The first-order valence-corrected chi connectivity index (χ1v) is 4.05. The molecule has 1 rings (SSSR count). The Morgan fingerprint density at radius 2 is 2.44 bits per heavy atom. The van der Waals surface area contributed by atoms with E-state index >= 15 is 0 Å². The molecule has 1 aromatic rings. The summed E-state index contributed by atoms with van der Waals surface area (Å²) in [5, 5.41) is 1.58. The van der Waals surface area contributed by atoms with Gasteiger partial charge in [0.05, 0.1) is 0 Å². The lowest BCUT2D eigenvalue weighted by Gasteiger charge is -1.92. The van der Waals surface area contributed by atoms with Crippen LogP contribution in [0.3, 0.4) is 0 Å². The van der Waals surface area contributed by atoms with Crippen LogP contribution in [0.5, 0.6) is 0 Å². The predicted octanol–water partition coefficient (Wildman–Crippen LogP) is 3.04. The zero-order chi connectivity index (χ0) is 6.69. The molecule has 0 nitrogen and oxygen atoms in total. The molecule has 0 aliphatic carbocycles. The van der Waals surface area contributed by atoms with Gasteiger partial charge in [0.2, 0.25) is 0 Å². The molecule has 47 valence electrons. The highest BCUT2D eigenvalue weighted by Crippen LogP contribution is 2.11. The second-order valence-corrected chi connectivity index (χ2v) is 2.66. The molecule has 0 aliphatic heterocycles. The Balaban J connectivity index is 2.94. The number of alkyl halides is 1. The lowest BCUT2D eigenvalue weighted by molar-refractivity contribution is 1.43. The summed E-state index contributed by atoms with van der Waals surface area (Å²) in [4.78, 5) is 0. The average molecular weight is 204 g/mol. The predicted molar refractivity (Wildman–Crippen MR) is 42.9 cm³/mol. The van der Waals surface area contributed by atoms with E-state index in [2.05, 4.69) is 22.0 Å². The molecule has 0 fully saturated rings. The van der Waals surface area contributed by atoms with E-state index in [1.165, 1.54) is 0 Å². The van der Waals surface area contributed by atoms with Gasteiger partial charge in [-0.3, -0.25) is 0 Å². The number of hydrogen-bond acceptors (Lipinski definition) is 0. The molecule has 0 heterocycles. The Labute approximate surface area is 68.0 Å². The summed E-state index contributed by atoms with van der Waals surface area (Å²) in [7, 11) is 0. The van der Waals surface area contributed by atoms with Gasteiger partial charge in [-0.1, -0.05) is 33.6 Å². The lowest BCUT2D eigenvalue weighted by atomic mass is 10.2. The standard InChI is InChI=1S/C7H5BrCl/c8-5-6-2-1-3-7(9)4-6/h1,3-4H,5H2. The molecular weight excluding hydrogens is 199 g/mol. The minimum atomic E-state index is 0.767. The zero-order valence-corrected chi connectivity index (χ0v) is 7.04. The van der Waals surface area contributed by atoms with Crippen LogP contribution >= 0.6 is 27.5 Å². The van der Waals surface area contributed by atoms with Crippen LogP contribution in [0.2, 0.25) is 5.02 Å². The van der Waals surface area contributed by atoms with Crippen molar-refractivity contribution in [2.24, 2.45) is 0 Å². The van der Waals surface area contributed by atoms with Gasteiger partial charge in [0.15, 0.2) is 0 Å². The molecule has 0 unspecified atom stereocenters. The number of hydrogen-bond donors (Lipinski definition) is 0. The maximum atomic E-state index is 5.68. The van der Waals surface area contributed by atoms with Crippen LogP contribution in [0.4, 0.5) is 0 Å². The van der Waals surface area contributed by atoms with Crippen molar-refractivity contribution in [1.29, 1.82) is 0 Å². The number of rotatable bonds is 1. The molecule has 0 aromatic heterocycles. The Bertz CT molecular complexity index is 198. The third-order valence-corrected chi connectivity index (χ3v) is 1.81. The molecule has 0 saturated carbocycles. The van der Waals surface area contributed by atoms with E-state index in [0.29, 0.717) is 0 Å². The van der Waals surface area contributed by atoms with Crippen LogP contribution in [0.1, 0.15) is 5.56 Å². The van der Waals surface area contributed by atoms with Gasteiger partial charge in [-0.25, -0.2) is 0 Å². The van der Waals surface area contributed by atoms with E-state index in [0.717, 1.165) is 15.9 Å². The Hall–Kier alpha value is -0.0100. The molecule has 0 saturated heterocycles. The fraction of sp³-hybridized carbons (Fsp3) is 0.143. The molecule has 0 atom stereocenters. The van der Waals surface area contributed by atoms with Gasteiger partial charge in [-0.05, 0) is 23.8 Å². The molecule has 0 bridgehead atoms. The second kappa shape index (κ2) is 3.23. The van der Waals surface area contributed by atoms with E-state index in [-0.39, 0.29) is 0 Å². The Kier molecular flexibility index (Phi) is 2.55. The van der Waals surface area contributed by atoms with Crippen LogP contribution in [-0.2, 0) is 5.33 Å².